The van der Waals surface area contributed by atoms with E-state index in [9.17, 15) is 5.11 Å². The number of benzene rings is 2. The third-order valence-corrected chi connectivity index (χ3v) is 5.32. The number of phenols is 1. The molecule has 0 saturated carbocycles. The lowest BCUT2D eigenvalue weighted by atomic mass is 9.77. The molecule has 0 aromatic heterocycles. The van der Waals surface area contributed by atoms with Crippen LogP contribution in [0.3, 0.4) is 0 Å². The second-order valence-corrected chi connectivity index (χ2v) is 6.39. The van der Waals surface area contributed by atoms with Crippen LogP contribution in [0.5, 0.6) is 17.2 Å². The largest absolute Gasteiger partial charge is 0.504 e. The van der Waals surface area contributed by atoms with Gasteiger partial charge in [0, 0.05) is 12.1 Å². The monoisotopic (exact) mass is 311 g/mol. The number of hydrogen-bond donors (Lipinski definition) is 1. The second-order valence-electron chi connectivity index (χ2n) is 6.39. The molecule has 2 aliphatic rings. The van der Waals surface area contributed by atoms with Crippen LogP contribution in [0.4, 0.5) is 0 Å². The Bertz CT molecular complexity index is 771. The molecule has 2 bridgehead atoms. The molecule has 0 saturated heterocycles. The molecule has 2 aliphatic heterocycles. The van der Waals surface area contributed by atoms with E-state index >= 15 is 0 Å². The van der Waals surface area contributed by atoms with E-state index in [1.807, 2.05) is 18.2 Å². The first-order chi connectivity index (χ1) is 11.1. The predicted molar refractivity (Wildman–Crippen MR) is 88.3 cm³/mol. The summed E-state index contributed by atoms with van der Waals surface area (Å²) in [5, 5.41) is 10.2. The Labute approximate surface area is 136 Å². The molecular formula is C19H21NO3. The summed E-state index contributed by atoms with van der Waals surface area (Å²) < 4.78 is 10.7. The van der Waals surface area contributed by atoms with E-state index in [1.54, 1.807) is 14.2 Å². The zero-order chi connectivity index (χ0) is 16.1. The molecule has 2 aromatic carbocycles. The molecule has 0 aliphatic carbocycles. The molecule has 2 heterocycles. The highest BCUT2D eigenvalue weighted by Crippen LogP contribution is 2.48. The standard InChI is InChI=1S/C19H21NO3/c1-20-16-6-11-4-5-13(22-2)9-14(11)17(20)7-12-8-19(23-3)18(21)10-15(12)16/h4-5,8-10,16-17,21H,6-7H2,1-3H3/t16-,17-/m1/s1. The van der Waals surface area contributed by atoms with E-state index in [4.69, 9.17) is 9.47 Å². The van der Waals surface area contributed by atoms with Crippen LogP contribution in [0.2, 0.25) is 0 Å². The molecule has 0 radical (unpaired) electrons. The van der Waals surface area contributed by atoms with Crippen molar-refractivity contribution in [3.05, 3.63) is 52.6 Å². The highest BCUT2D eigenvalue weighted by Gasteiger charge is 2.38. The molecule has 4 nitrogen and oxygen atoms in total. The minimum Gasteiger partial charge on any atom is -0.504 e. The number of hydrogen-bond acceptors (Lipinski definition) is 4. The van der Waals surface area contributed by atoms with Gasteiger partial charge in [0.05, 0.1) is 14.2 Å². The molecule has 0 amide bonds. The number of aromatic hydroxyl groups is 1. The summed E-state index contributed by atoms with van der Waals surface area (Å²) >= 11 is 0. The zero-order valence-corrected chi connectivity index (χ0v) is 13.7. The number of methoxy groups -OCH3 is 2. The second kappa shape index (κ2) is 5.17. The Morgan fingerprint density at radius 3 is 2.35 bits per heavy atom. The zero-order valence-electron chi connectivity index (χ0n) is 13.7. The maximum absolute atomic E-state index is 10.2. The summed E-state index contributed by atoms with van der Waals surface area (Å²) in [4.78, 5) is 2.41. The lowest BCUT2D eigenvalue weighted by Crippen LogP contribution is -2.40. The van der Waals surface area contributed by atoms with Crippen molar-refractivity contribution in [3.8, 4) is 17.2 Å². The van der Waals surface area contributed by atoms with Crippen molar-refractivity contribution >= 4 is 0 Å². The van der Waals surface area contributed by atoms with E-state index in [2.05, 4.69) is 24.1 Å². The Morgan fingerprint density at radius 1 is 0.957 bits per heavy atom. The van der Waals surface area contributed by atoms with E-state index in [0.29, 0.717) is 17.8 Å². The van der Waals surface area contributed by atoms with Crippen LogP contribution in [0.15, 0.2) is 30.3 Å². The molecule has 0 fully saturated rings. The molecule has 0 spiro atoms. The van der Waals surface area contributed by atoms with Gasteiger partial charge in [-0.3, -0.25) is 4.90 Å². The topological polar surface area (TPSA) is 41.9 Å². The molecule has 23 heavy (non-hydrogen) atoms. The summed E-state index contributed by atoms with van der Waals surface area (Å²) in [6.45, 7) is 0. The molecule has 2 aromatic rings. The van der Waals surface area contributed by atoms with E-state index < -0.39 is 0 Å². The summed E-state index contributed by atoms with van der Waals surface area (Å²) in [6.07, 6.45) is 1.87. The van der Waals surface area contributed by atoms with Crippen molar-refractivity contribution in [2.45, 2.75) is 24.9 Å². The van der Waals surface area contributed by atoms with Crippen molar-refractivity contribution in [3.63, 3.8) is 0 Å². The lowest BCUT2D eigenvalue weighted by Gasteiger charge is -2.46. The highest BCUT2D eigenvalue weighted by molar-refractivity contribution is 5.52. The molecule has 0 unspecified atom stereocenters. The fraction of sp³-hybridized carbons (Fsp3) is 0.368. The van der Waals surface area contributed by atoms with Crippen molar-refractivity contribution < 1.29 is 14.6 Å². The minimum absolute atomic E-state index is 0.221. The highest BCUT2D eigenvalue weighted by atomic mass is 16.5. The molecule has 1 N–H and O–H groups in total. The van der Waals surface area contributed by atoms with Crippen LogP contribution in [0.1, 0.15) is 34.3 Å². The number of fused-ring (bicyclic) bond motifs is 6. The summed E-state index contributed by atoms with van der Waals surface area (Å²) in [5.41, 5.74) is 5.20. The first-order valence-electron chi connectivity index (χ1n) is 7.91. The van der Waals surface area contributed by atoms with Crippen molar-refractivity contribution in [2.24, 2.45) is 0 Å². The SMILES string of the molecule is COc1ccc2c(c1)[C@H]1Cc3cc(OC)c(O)cc3[C@@H](C2)N1C. The smallest absolute Gasteiger partial charge is 0.160 e. The number of rotatable bonds is 2. The van der Waals surface area contributed by atoms with Crippen LogP contribution in [0, 0.1) is 0 Å². The van der Waals surface area contributed by atoms with Gasteiger partial charge in [-0.2, -0.15) is 0 Å². The quantitative estimate of drug-likeness (QED) is 0.924. The molecule has 2 atom stereocenters. The molecule has 4 rings (SSSR count). The Morgan fingerprint density at radius 2 is 1.65 bits per heavy atom. The van der Waals surface area contributed by atoms with Gasteiger partial charge in [-0.15, -0.1) is 0 Å². The maximum Gasteiger partial charge on any atom is 0.160 e. The van der Waals surface area contributed by atoms with Crippen LogP contribution in [-0.4, -0.2) is 31.3 Å². The maximum atomic E-state index is 10.2. The number of nitrogens with zero attached hydrogens (tertiary/aromatic N) is 1. The molecular weight excluding hydrogens is 290 g/mol. The van der Waals surface area contributed by atoms with Gasteiger partial charge in [-0.05, 0) is 66.4 Å². The van der Waals surface area contributed by atoms with Gasteiger partial charge in [0.1, 0.15) is 5.75 Å². The van der Waals surface area contributed by atoms with Crippen LogP contribution >= 0.6 is 0 Å². The van der Waals surface area contributed by atoms with Crippen LogP contribution in [-0.2, 0) is 12.8 Å². The Kier molecular flexibility index (Phi) is 3.23. The molecule has 120 valence electrons. The summed E-state index contributed by atoms with van der Waals surface area (Å²) in [5.74, 6) is 1.68. The van der Waals surface area contributed by atoms with E-state index in [0.717, 1.165) is 18.6 Å². The van der Waals surface area contributed by atoms with E-state index in [1.165, 1.54) is 22.3 Å². The third-order valence-electron chi connectivity index (χ3n) is 5.32. The summed E-state index contributed by atoms with van der Waals surface area (Å²) in [6, 6.07) is 10.9. The van der Waals surface area contributed by atoms with Crippen molar-refractivity contribution in [2.75, 3.05) is 21.3 Å². The summed E-state index contributed by atoms with van der Waals surface area (Å²) in [7, 11) is 5.47. The molecule has 4 heteroatoms. The number of likely N-dealkylation sites (N-methyl/N-ethyl adjacent to an activating group) is 1. The van der Waals surface area contributed by atoms with Gasteiger partial charge >= 0.3 is 0 Å². The fourth-order valence-corrected chi connectivity index (χ4v) is 4.05. The Balaban J connectivity index is 1.84. The van der Waals surface area contributed by atoms with Gasteiger partial charge in [-0.25, -0.2) is 0 Å². The fourth-order valence-electron chi connectivity index (χ4n) is 4.05. The van der Waals surface area contributed by atoms with Gasteiger partial charge in [0.15, 0.2) is 11.5 Å². The minimum atomic E-state index is 0.221. The first-order valence-corrected chi connectivity index (χ1v) is 7.91. The van der Waals surface area contributed by atoms with E-state index in [-0.39, 0.29) is 5.75 Å². The van der Waals surface area contributed by atoms with Crippen molar-refractivity contribution in [1.82, 2.24) is 4.90 Å². The third kappa shape index (κ3) is 2.09. The van der Waals surface area contributed by atoms with Gasteiger partial charge in [0.25, 0.3) is 0 Å². The van der Waals surface area contributed by atoms with Crippen molar-refractivity contribution in [1.29, 1.82) is 0 Å². The lowest BCUT2D eigenvalue weighted by molar-refractivity contribution is 0.137. The van der Waals surface area contributed by atoms with Gasteiger partial charge < -0.3 is 14.6 Å². The normalized spacial score (nSPS) is 22.2. The predicted octanol–water partition coefficient (Wildman–Crippen LogP) is 3.24. The first kappa shape index (κ1) is 14.4. The number of phenolic OH excluding ortho intramolecular Hbond substituents is 1. The average molecular weight is 311 g/mol. The van der Waals surface area contributed by atoms with Crippen LogP contribution in [0.25, 0.3) is 0 Å². The van der Waals surface area contributed by atoms with Crippen LogP contribution < -0.4 is 9.47 Å². The van der Waals surface area contributed by atoms with Gasteiger partial charge in [0.2, 0.25) is 0 Å². The van der Waals surface area contributed by atoms with Gasteiger partial charge in [-0.1, -0.05) is 6.07 Å². The Hall–Kier alpha value is -2.20. The average Bonchev–Trinajstić information content (AvgIpc) is 2.56. The number of ether oxygens (including phenoxy) is 2.